The first kappa shape index (κ1) is 56.1. The predicted octanol–water partition coefficient (Wildman–Crippen LogP) is 12.4. The molecule has 6 rings (SSSR count). The Kier molecular flexibility index (Phi) is 22.4. The third kappa shape index (κ3) is 16.1. The largest absolute Gasteiger partial charge is 0.530 e. The molecule has 0 N–H and O–H groups in total. The fraction of sp³-hybridized carbons (Fsp3) is 0.642. The minimum Gasteiger partial charge on any atom is -0.402 e. The lowest BCUT2D eigenvalue weighted by atomic mass is 9.96. The second kappa shape index (κ2) is 28.3. The summed E-state index contributed by atoms with van der Waals surface area (Å²) in [5, 5.41) is 25.2. The van der Waals surface area contributed by atoms with Gasteiger partial charge in [-0.3, -0.25) is 9.05 Å². The van der Waals surface area contributed by atoms with E-state index in [-0.39, 0.29) is 36.3 Å². The van der Waals surface area contributed by atoms with Crippen LogP contribution >= 0.6 is 19.4 Å². The molecule has 16 nitrogen and oxygen atoms in total. The Hall–Kier alpha value is -4.19. The highest BCUT2D eigenvalue weighted by atomic mass is 35.5. The molecule has 0 bridgehead atoms. The topological polar surface area (TPSA) is 185 Å². The molecule has 2 aliphatic rings. The van der Waals surface area contributed by atoms with Crippen LogP contribution in [0.1, 0.15) is 161 Å². The minimum atomic E-state index is -4.67. The van der Waals surface area contributed by atoms with Crippen molar-refractivity contribution < 1.29 is 41.8 Å². The summed E-state index contributed by atoms with van der Waals surface area (Å²) < 4.78 is 66.8. The molecule has 2 fully saturated rings. The number of para-hydroxylation sites is 1. The van der Waals surface area contributed by atoms with E-state index >= 15 is 0 Å². The fourth-order valence-corrected chi connectivity index (χ4v) is 10.6. The summed E-state index contributed by atoms with van der Waals surface area (Å²) in [5.74, 6) is -0.328. The van der Waals surface area contributed by atoms with E-state index in [4.69, 9.17) is 48.9 Å². The Bertz CT molecular complexity index is 2370. The van der Waals surface area contributed by atoms with E-state index in [9.17, 15) is 15.1 Å². The van der Waals surface area contributed by atoms with Gasteiger partial charge in [-0.1, -0.05) is 133 Å². The monoisotopic (exact) mass is 1020 g/mol. The third-order valence-corrected chi connectivity index (χ3v) is 14.6. The quantitative estimate of drug-likeness (QED) is 0.0318. The molecule has 1 aromatic carbocycles. The molecule has 1 unspecified atom stereocenters. The number of nitriles is 2. The van der Waals surface area contributed by atoms with Crippen LogP contribution in [-0.2, 0) is 43.9 Å². The van der Waals surface area contributed by atoms with Crippen molar-refractivity contribution in [2.75, 3.05) is 44.4 Å². The Balaban J connectivity index is 1.09. The number of ether oxygens (including phenoxy) is 5. The molecule has 0 radical (unpaired) electrons. The molecule has 2 aliphatic heterocycles. The van der Waals surface area contributed by atoms with Crippen LogP contribution in [0.3, 0.4) is 0 Å². The van der Waals surface area contributed by atoms with Crippen molar-refractivity contribution in [3.8, 4) is 17.9 Å². The maximum Gasteiger partial charge on any atom is 0.530 e. The van der Waals surface area contributed by atoms with E-state index < -0.39 is 50.2 Å². The molecule has 388 valence electrons. The summed E-state index contributed by atoms with van der Waals surface area (Å²) in [6, 6.07) is 19.7. The van der Waals surface area contributed by atoms with Gasteiger partial charge in [0.25, 0.3) is 0 Å². The van der Waals surface area contributed by atoms with Crippen molar-refractivity contribution in [1.29, 1.82) is 10.5 Å². The molecule has 3 aromatic heterocycles. The van der Waals surface area contributed by atoms with Gasteiger partial charge in [0.2, 0.25) is 5.60 Å². The molecule has 0 spiro atoms. The number of hydrogen-bond acceptors (Lipinski definition) is 15. The van der Waals surface area contributed by atoms with Crippen molar-refractivity contribution in [2.45, 2.75) is 180 Å². The van der Waals surface area contributed by atoms with Crippen LogP contribution in [0.4, 0.5) is 5.82 Å². The molecule has 0 amide bonds. The van der Waals surface area contributed by atoms with Crippen LogP contribution in [0.2, 0.25) is 5.02 Å². The Labute approximate surface area is 426 Å². The van der Waals surface area contributed by atoms with Crippen molar-refractivity contribution in [2.24, 2.45) is 0 Å². The highest BCUT2D eigenvalue weighted by Gasteiger charge is 2.65. The van der Waals surface area contributed by atoms with Crippen molar-refractivity contribution in [1.82, 2.24) is 19.6 Å². The zero-order chi connectivity index (χ0) is 50.5. The number of unbranched alkanes of at least 4 members (excludes halogenated alkanes) is 15. The molecule has 4 aromatic rings. The number of anilines is 1. The fourth-order valence-electron chi connectivity index (χ4n) is 9.14. The molecule has 0 saturated carbocycles. The van der Waals surface area contributed by atoms with Gasteiger partial charge in [-0.2, -0.15) is 15.6 Å². The standard InChI is InChI=1S/C53H75ClN7O9P/c1-6-9-10-11-12-13-14-15-16-17-18-19-20-21-22-25-33-63-36-43(64-35-42-28-26-27-41(34-55)59-42)37-65-71(62,70-47-30-24-23-29-44(47)54)66-39-53(38-56)50-49(67-52(4,5)69-50)48(68-53)45-31-32-46-51(60(7-2)8-3)57-40-58-61(45)46/h23-24,26-32,40,43,48-50H,6-22,25,33,35-37,39H2,1-5H3/t43-,48+,49+,50+,53-,71?/m1/s1. The number of pyridine rings is 1. The van der Waals surface area contributed by atoms with Crippen LogP contribution in [0.25, 0.3) is 5.52 Å². The van der Waals surface area contributed by atoms with E-state index in [1.54, 1.807) is 54.8 Å². The number of hydrogen-bond donors (Lipinski definition) is 0. The minimum absolute atomic E-state index is 0.0151. The Morgan fingerprint density at radius 1 is 0.817 bits per heavy atom. The number of rotatable bonds is 34. The van der Waals surface area contributed by atoms with Crippen LogP contribution in [0, 0.1) is 22.7 Å². The lowest BCUT2D eigenvalue weighted by Gasteiger charge is -2.30. The summed E-state index contributed by atoms with van der Waals surface area (Å²) in [5.41, 5.74) is 0.252. The van der Waals surface area contributed by atoms with Gasteiger partial charge < -0.3 is 33.1 Å². The van der Waals surface area contributed by atoms with Crippen molar-refractivity contribution >= 4 is 30.8 Å². The van der Waals surface area contributed by atoms with Crippen LogP contribution < -0.4 is 9.42 Å². The summed E-state index contributed by atoms with van der Waals surface area (Å²) in [6.07, 6.45) is 18.4. The van der Waals surface area contributed by atoms with E-state index in [0.29, 0.717) is 18.0 Å². The smallest absolute Gasteiger partial charge is 0.402 e. The molecule has 18 heteroatoms. The van der Waals surface area contributed by atoms with Gasteiger partial charge in [0.15, 0.2) is 11.6 Å². The number of phosphoric acid groups is 1. The average molecular weight is 1020 g/mol. The molecule has 71 heavy (non-hydrogen) atoms. The van der Waals surface area contributed by atoms with Gasteiger partial charge in [-0.15, -0.1) is 0 Å². The molecule has 5 heterocycles. The Morgan fingerprint density at radius 3 is 2.14 bits per heavy atom. The van der Waals surface area contributed by atoms with E-state index in [1.807, 2.05) is 12.1 Å². The zero-order valence-electron chi connectivity index (χ0n) is 42.5. The second-order valence-corrected chi connectivity index (χ2v) is 20.8. The molecule has 2 saturated heterocycles. The normalized spacial score (nSPS) is 20.6. The van der Waals surface area contributed by atoms with Crippen LogP contribution in [-0.4, -0.2) is 88.8 Å². The van der Waals surface area contributed by atoms with Gasteiger partial charge in [0.1, 0.15) is 66.4 Å². The lowest BCUT2D eigenvalue weighted by molar-refractivity contribution is -0.204. The first-order valence-corrected chi connectivity index (χ1v) is 27.7. The lowest BCUT2D eigenvalue weighted by Crippen LogP contribution is -2.46. The third-order valence-electron chi connectivity index (χ3n) is 13.0. The molecule has 0 aliphatic carbocycles. The van der Waals surface area contributed by atoms with Crippen LogP contribution in [0.5, 0.6) is 5.75 Å². The summed E-state index contributed by atoms with van der Waals surface area (Å²) in [6.45, 7) is 11.0. The highest BCUT2D eigenvalue weighted by Crippen LogP contribution is 2.55. The number of phosphoric ester groups is 1. The first-order chi connectivity index (χ1) is 34.5. The van der Waals surface area contributed by atoms with Crippen LogP contribution in [0.15, 0.2) is 60.9 Å². The van der Waals surface area contributed by atoms with Crippen molar-refractivity contribution in [3.63, 3.8) is 0 Å². The number of halogens is 1. The summed E-state index contributed by atoms with van der Waals surface area (Å²) in [7, 11) is -4.67. The SMILES string of the molecule is CCCCCCCCCCCCCCCCCCOC[C@H](COP(=O)(OC[C@@]1(C#N)O[C@@H](c2ccc3c(N(CC)CC)ncnn23)[C@@H]2OC(C)(C)O[C@@H]21)Oc1ccccc1Cl)OCc1cccc(C#N)n1. The molecular weight excluding hydrogens is 945 g/mol. The number of nitrogens with zero attached hydrogens (tertiary/aromatic N) is 7. The van der Waals surface area contributed by atoms with Gasteiger partial charge in [0, 0.05) is 19.7 Å². The van der Waals surface area contributed by atoms with Crippen molar-refractivity contribution in [3.05, 3.63) is 83.0 Å². The molecular formula is C53H75ClN7O9P. The molecule has 6 atom stereocenters. The van der Waals surface area contributed by atoms with Gasteiger partial charge in [-0.05, 0) is 70.5 Å². The second-order valence-electron chi connectivity index (χ2n) is 18.8. The first-order valence-electron chi connectivity index (χ1n) is 25.9. The van der Waals surface area contributed by atoms with E-state index in [1.165, 1.54) is 95.9 Å². The average Bonchev–Trinajstić information content (AvgIpc) is 4.04. The summed E-state index contributed by atoms with van der Waals surface area (Å²) in [4.78, 5) is 11.0. The number of fused-ring (bicyclic) bond motifs is 2. The highest BCUT2D eigenvalue weighted by molar-refractivity contribution is 7.49. The predicted molar refractivity (Wildman–Crippen MR) is 272 cm³/mol. The van der Waals surface area contributed by atoms with E-state index in [2.05, 4.69) is 52.9 Å². The maximum absolute atomic E-state index is 15.0. The number of benzene rings is 1. The van der Waals surface area contributed by atoms with Gasteiger partial charge in [-0.25, -0.2) is 19.0 Å². The Morgan fingerprint density at radius 2 is 1.49 bits per heavy atom. The van der Waals surface area contributed by atoms with Gasteiger partial charge in [0.05, 0.1) is 36.2 Å². The van der Waals surface area contributed by atoms with E-state index in [0.717, 1.165) is 43.7 Å². The summed E-state index contributed by atoms with van der Waals surface area (Å²) >= 11 is 6.52. The zero-order valence-corrected chi connectivity index (χ0v) is 44.1. The maximum atomic E-state index is 15.0. The number of aromatic nitrogens is 4. The van der Waals surface area contributed by atoms with Gasteiger partial charge >= 0.3 is 7.82 Å².